The van der Waals surface area contributed by atoms with Gasteiger partial charge >= 0.3 is 0 Å². The van der Waals surface area contributed by atoms with Crippen molar-refractivity contribution in [2.75, 3.05) is 5.32 Å². The Morgan fingerprint density at radius 3 is 2.67 bits per heavy atom. The van der Waals surface area contributed by atoms with Gasteiger partial charge in [-0.15, -0.1) is 0 Å². The number of carbonyl (C=O) groups is 1. The second-order valence-electron chi connectivity index (χ2n) is 4.81. The zero-order chi connectivity index (χ0) is 13.9. The maximum Gasteiger partial charge on any atom is 0.241 e. The molecule has 0 aromatic heterocycles. The van der Waals surface area contributed by atoms with Crippen molar-refractivity contribution in [3.63, 3.8) is 0 Å². The highest BCUT2D eigenvalue weighted by atomic mass is 79.9. The Kier molecular flexibility index (Phi) is 5.28. The molecule has 1 unspecified atom stereocenters. The van der Waals surface area contributed by atoms with Crippen LogP contribution in [0.1, 0.15) is 25.8 Å². The van der Waals surface area contributed by atoms with Crippen molar-refractivity contribution >= 4 is 27.5 Å². The predicted octanol–water partition coefficient (Wildman–Crippen LogP) is 3.21. The van der Waals surface area contributed by atoms with Gasteiger partial charge in [0.1, 0.15) is 5.82 Å². The number of amides is 1. The topological polar surface area (TPSA) is 55.1 Å². The number of hydrogen-bond donors (Lipinski definition) is 2. The molecule has 3 nitrogen and oxygen atoms in total. The molecule has 0 spiro atoms. The smallest absolute Gasteiger partial charge is 0.241 e. The van der Waals surface area contributed by atoms with Crippen molar-refractivity contribution in [3.05, 3.63) is 28.0 Å². The van der Waals surface area contributed by atoms with Gasteiger partial charge in [-0.05, 0) is 52.9 Å². The van der Waals surface area contributed by atoms with E-state index in [2.05, 4.69) is 21.2 Å². The van der Waals surface area contributed by atoms with E-state index in [1.807, 2.05) is 13.8 Å². The van der Waals surface area contributed by atoms with E-state index in [0.29, 0.717) is 22.5 Å². The fourth-order valence-electron chi connectivity index (χ4n) is 1.62. The van der Waals surface area contributed by atoms with Crippen LogP contribution in [0.25, 0.3) is 0 Å². The van der Waals surface area contributed by atoms with Gasteiger partial charge in [-0.1, -0.05) is 13.8 Å². The summed E-state index contributed by atoms with van der Waals surface area (Å²) < 4.78 is 13.8. The van der Waals surface area contributed by atoms with Crippen LogP contribution < -0.4 is 11.1 Å². The largest absolute Gasteiger partial charge is 0.324 e. The molecular formula is C13H18BrFN2O. The average Bonchev–Trinajstić information content (AvgIpc) is 2.24. The third kappa shape index (κ3) is 4.07. The molecule has 1 aromatic carbocycles. The number of halogens is 2. The first kappa shape index (κ1) is 15.1. The van der Waals surface area contributed by atoms with E-state index in [1.54, 1.807) is 13.0 Å². The predicted molar refractivity (Wildman–Crippen MR) is 74.9 cm³/mol. The number of nitrogens with one attached hydrogen (secondary N) is 1. The number of nitrogens with two attached hydrogens (primary N) is 1. The Bertz CT molecular complexity index is 449. The van der Waals surface area contributed by atoms with Crippen molar-refractivity contribution in [1.82, 2.24) is 0 Å². The molecule has 0 fully saturated rings. The van der Waals surface area contributed by atoms with Gasteiger partial charge in [-0.25, -0.2) is 4.39 Å². The summed E-state index contributed by atoms with van der Waals surface area (Å²) in [7, 11) is 0. The molecule has 1 aromatic rings. The number of anilines is 1. The van der Waals surface area contributed by atoms with Crippen molar-refractivity contribution in [2.45, 2.75) is 33.2 Å². The number of benzene rings is 1. The van der Waals surface area contributed by atoms with Crippen LogP contribution in [-0.2, 0) is 4.79 Å². The van der Waals surface area contributed by atoms with Gasteiger partial charge in [0.2, 0.25) is 5.91 Å². The van der Waals surface area contributed by atoms with E-state index < -0.39 is 11.9 Å². The van der Waals surface area contributed by atoms with Gasteiger partial charge in [0.25, 0.3) is 0 Å². The van der Waals surface area contributed by atoms with Gasteiger partial charge in [-0.2, -0.15) is 0 Å². The first-order valence-electron chi connectivity index (χ1n) is 5.83. The first-order chi connectivity index (χ1) is 8.31. The summed E-state index contributed by atoms with van der Waals surface area (Å²) in [6.45, 7) is 5.79. The summed E-state index contributed by atoms with van der Waals surface area (Å²) in [6, 6.07) is 2.34. The van der Waals surface area contributed by atoms with Crippen LogP contribution in [0.4, 0.5) is 10.1 Å². The molecule has 0 aliphatic rings. The molecule has 100 valence electrons. The van der Waals surface area contributed by atoms with Gasteiger partial charge in [0.15, 0.2) is 0 Å². The van der Waals surface area contributed by atoms with Crippen molar-refractivity contribution in [2.24, 2.45) is 11.7 Å². The minimum atomic E-state index is -0.573. The third-order valence-corrected chi connectivity index (χ3v) is 3.19. The molecule has 0 bridgehead atoms. The van der Waals surface area contributed by atoms with Crippen LogP contribution in [0.15, 0.2) is 16.6 Å². The molecule has 0 aliphatic heterocycles. The first-order valence-corrected chi connectivity index (χ1v) is 6.62. The van der Waals surface area contributed by atoms with Crippen LogP contribution in [0, 0.1) is 18.7 Å². The van der Waals surface area contributed by atoms with E-state index in [-0.39, 0.29) is 5.91 Å². The third-order valence-electron chi connectivity index (χ3n) is 2.59. The van der Waals surface area contributed by atoms with E-state index in [0.717, 1.165) is 5.56 Å². The Balaban J connectivity index is 2.79. The van der Waals surface area contributed by atoms with Gasteiger partial charge < -0.3 is 11.1 Å². The van der Waals surface area contributed by atoms with Crippen molar-refractivity contribution in [1.29, 1.82) is 0 Å². The standard InChI is InChI=1S/C13H18BrFN2O/c1-7(2)4-11(16)13(18)17-12-6-10(15)9(14)5-8(12)3/h5-7,11H,4,16H2,1-3H3,(H,17,18). The highest BCUT2D eigenvalue weighted by molar-refractivity contribution is 9.10. The molecule has 3 N–H and O–H groups in total. The van der Waals surface area contributed by atoms with E-state index in [4.69, 9.17) is 5.73 Å². The van der Waals surface area contributed by atoms with Crippen LogP contribution in [-0.4, -0.2) is 11.9 Å². The number of aryl methyl sites for hydroxylation is 1. The minimum Gasteiger partial charge on any atom is -0.324 e. The molecular weight excluding hydrogens is 299 g/mol. The molecule has 0 radical (unpaired) electrons. The van der Waals surface area contributed by atoms with Crippen LogP contribution in [0.3, 0.4) is 0 Å². The second-order valence-corrected chi connectivity index (χ2v) is 5.66. The quantitative estimate of drug-likeness (QED) is 0.896. The lowest BCUT2D eigenvalue weighted by molar-refractivity contribution is -0.117. The summed E-state index contributed by atoms with van der Waals surface area (Å²) in [5, 5.41) is 2.66. The van der Waals surface area contributed by atoms with Crippen molar-refractivity contribution < 1.29 is 9.18 Å². The summed E-state index contributed by atoms with van der Waals surface area (Å²) >= 11 is 3.10. The van der Waals surface area contributed by atoms with E-state index in [1.165, 1.54) is 6.07 Å². The summed E-state index contributed by atoms with van der Waals surface area (Å²) in [4.78, 5) is 11.8. The lowest BCUT2D eigenvalue weighted by Gasteiger charge is -2.15. The monoisotopic (exact) mass is 316 g/mol. The summed E-state index contributed by atoms with van der Waals surface area (Å²) in [5.41, 5.74) is 7.01. The second kappa shape index (κ2) is 6.29. The molecule has 1 rings (SSSR count). The normalized spacial score (nSPS) is 12.6. The van der Waals surface area contributed by atoms with Crippen LogP contribution >= 0.6 is 15.9 Å². The SMILES string of the molecule is Cc1cc(Br)c(F)cc1NC(=O)C(N)CC(C)C. The minimum absolute atomic E-state index is 0.284. The van der Waals surface area contributed by atoms with E-state index in [9.17, 15) is 9.18 Å². The molecule has 1 amide bonds. The summed E-state index contributed by atoms with van der Waals surface area (Å²) in [5.74, 6) is -0.352. The number of rotatable bonds is 4. The van der Waals surface area contributed by atoms with Crippen LogP contribution in [0.2, 0.25) is 0 Å². The average molecular weight is 317 g/mol. The lowest BCUT2D eigenvalue weighted by Crippen LogP contribution is -2.36. The summed E-state index contributed by atoms with van der Waals surface area (Å²) in [6.07, 6.45) is 0.601. The maximum absolute atomic E-state index is 13.4. The van der Waals surface area contributed by atoms with Gasteiger partial charge in [0.05, 0.1) is 10.5 Å². The number of carbonyl (C=O) groups excluding carboxylic acids is 1. The number of hydrogen-bond acceptors (Lipinski definition) is 2. The Morgan fingerprint density at radius 2 is 2.11 bits per heavy atom. The zero-order valence-corrected chi connectivity index (χ0v) is 12.3. The van der Waals surface area contributed by atoms with Gasteiger partial charge in [0, 0.05) is 5.69 Å². The maximum atomic E-state index is 13.4. The molecule has 0 saturated carbocycles. The molecule has 0 saturated heterocycles. The van der Waals surface area contributed by atoms with E-state index >= 15 is 0 Å². The van der Waals surface area contributed by atoms with Gasteiger partial charge in [-0.3, -0.25) is 4.79 Å². The Labute approximate surface area is 115 Å². The molecule has 5 heteroatoms. The van der Waals surface area contributed by atoms with Crippen LogP contribution in [0.5, 0.6) is 0 Å². The molecule has 18 heavy (non-hydrogen) atoms. The fraction of sp³-hybridized carbons (Fsp3) is 0.462. The van der Waals surface area contributed by atoms with Crippen molar-refractivity contribution in [3.8, 4) is 0 Å². The molecule has 0 aliphatic carbocycles. The lowest BCUT2D eigenvalue weighted by atomic mass is 10.0. The Morgan fingerprint density at radius 1 is 1.50 bits per heavy atom. The molecule has 0 heterocycles. The molecule has 1 atom stereocenters. The Hall–Kier alpha value is -0.940. The zero-order valence-electron chi connectivity index (χ0n) is 10.8. The fourth-order valence-corrected chi connectivity index (χ4v) is 2.08. The highest BCUT2D eigenvalue weighted by Crippen LogP contribution is 2.24. The highest BCUT2D eigenvalue weighted by Gasteiger charge is 2.16.